The van der Waals surface area contributed by atoms with Gasteiger partial charge in [-0.2, -0.15) is 5.10 Å². The summed E-state index contributed by atoms with van der Waals surface area (Å²) in [5, 5.41) is 16.4. The molecule has 2 aromatic rings. The van der Waals surface area contributed by atoms with Gasteiger partial charge in [-0.3, -0.25) is 4.68 Å². The molecule has 5 nitrogen and oxygen atoms in total. The Labute approximate surface area is 124 Å². The fourth-order valence-electron chi connectivity index (χ4n) is 2.20. The van der Waals surface area contributed by atoms with Gasteiger partial charge in [-0.25, -0.2) is 4.79 Å². The highest BCUT2D eigenvalue weighted by Gasteiger charge is 2.14. The van der Waals surface area contributed by atoms with Gasteiger partial charge in [0.1, 0.15) is 5.56 Å². The number of carboxylic acids is 1. The van der Waals surface area contributed by atoms with Gasteiger partial charge < -0.3 is 10.4 Å². The van der Waals surface area contributed by atoms with Crippen LogP contribution in [0.3, 0.4) is 0 Å². The van der Waals surface area contributed by atoms with E-state index in [0.717, 1.165) is 0 Å². The average molecular weight is 287 g/mol. The lowest BCUT2D eigenvalue weighted by atomic mass is 10.0. The normalized spacial score (nSPS) is 11.0. The zero-order chi connectivity index (χ0) is 15.4. The van der Waals surface area contributed by atoms with Crippen LogP contribution in [0.15, 0.2) is 30.5 Å². The van der Waals surface area contributed by atoms with E-state index in [2.05, 4.69) is 48.5 Å². The molecular formula is C16H21N3O2. The summed E-state index contributed by atoms with van der Waals surface area (Å²) in [5.41, 5.74) is 3.43. The number of aromatic carboxylic acids is 1. The summed E-state index contributed by atoms with van der Waals surface area (Å²) in [6.07, 6.45) is 1.39. The number of rotatable bonds is 6. The van der Waals surface area contributed by atoms with E-state index < -0.39 is 5.97 Å². The van der Waals surface area contributed by atoms with Crippen LogP contribution in [-0.4, -0.2) is 20.9 Å². The molecule has 0 aliphatic heterocycles. The van der Waals surface area contributed by atoms with E-state index in [1.165, 1.54) is 17.3 Å². The van der Waals surface area contributed by atoms with Crippen molar-refractivity contribution >= 4 is 5.97 Å². The van der Waals surface area contributed by atoms with Crippen LogP contribution in [0, 0.1) is 0 Å². The summed E-state index contributed by atoms with van der Waals surface area (Å²) in [6, 6.07) is 8.47. The molecule has 21 heavy (non-hydrogen) atoms. The molecule has 1 aromatic heterocycles. The Morgan fingerprint density at radius 2 is 1.95 bits per heavy atom. The molecule has 0 fully saturated rings. The van der Waals surface area contributed by atoms with Crippen LogP contribution in [0.4, 0.5) is 0 Å². The van der Waals surface area contributed by atoms with E-state index in [9.17, 15) is 4.79 Å². The van der Waals surface area contributed by atoms with E-state index in [0.29, 0.717) is 24.7 Å². The molecule has 0 atom stereocenters. The summed E-state index contributed by atoms with van der Waals surface area (Å²) < 4.78 is 1.60. The number of nitrogens with zero attached hydrogens (tertiary/aromatic N) is 2. The second-order valence-electron chi connectivity index (χ2n) is 5.43. The SMILES string of the molecule is CC(C)c1ccc(CNCc2c(C(=O)O)cnn2C)cc1. The van der Waals surface area contributed by atoms with Gasteiger partial charge in [0.15, 0.2) is 0 Å². The first-order valence-electron chi connectivity index (χ1n) is 7.02. The first-order valence-corrected chi connectivity index (χ1v) is 7.02. The molecule has 5 heteroatoms. The molecule has 0 saturated heterocycles. The highest BCUT2D eigenvalue weighted by molar-refractivity contribution is 5.88. The van der Waals surface area contributed by atoms with Crippen molar-refractivity contribution < 1.29 is 9.90 Å². The van der Waals surface area contributed by atoms with E-state index in [1.54, 1.807) is 11.7 Å². The molecular weight excluding hydrogens is 266 g/mol. The van der Waals surface area contributed by atoms with Crippen molar-refractivity contribution in [3.63, 3.8) is 0 Å². The van der Waals surface area contributed by atoms with Gasteiger partial charge in [-0.1, -0.05) is 38.1 Å². The molecule has 0 unspecified atom stereocenters. The lowest BCUT2D eigenvalue weighted by Crippen LogP contribution is -2.17. The Morgan fingerprint density at radius 3 is 2.52 bits per heavy atom. The third kappa shape index (κ3) is 3.70. The Hall–Kier alpha value is -2.14. The van der Waals surface area contributed by atoms with Gasteiger partial charge in [0, 0.05) is 20.1 Å². The Kier molecular flexibility index (Phi) is 4.75. The second kappa shape index (κ2) is 6.54. The summed E-state index contributed by atoms with van der Waals surface area (Å²) in [5.74, 6) is -0.416. The minimum atomic E-state index is -0.943. The maximum Gasteiger partial charge on any atom is 0.339 e. The quantitative estimate of drug-likeness (QED) is 0.856. The number of aryl methyl sites for hydroxylation is 1. The average Bonchev–Trinajstić information content (AvgIpc) is 2.81. The molecule has 1 heterocycles. The summed E-state index contributed by atoms with van der Waals surface area (Å²) in [6.45, 7) is 5.51. The highest BCUT2D eigenvalue weighted by atomic mass is 16.4. The maximum absolute atomic E-state index is 11.1. The molecule has 0 bridgehead atoms. The van der Waals surface area contributed by atoms with Crippen LogP contribution in [0.2, 0.25) is 0 Å². The van der Waals surface area contributed by atoms with Crippen molar-refractivity contribution in [3.05, 3.63) is 52.8 Å². The van der Waals surface area contributed by atoms with Crippen LogP contribution in [0.5, 0.6) is 0 Å². The highest BCUT2D eigenvalue weighted by Crippen LogP contribution is 2.14. The molecule has 112 valence electrons. The standard InChI is InChI=1S/C16H21N3O2/c1-11(2)13-6-4-12(5-7-13)8-17-10-15-14(16(20)21)9-18-19(15)3/h4-7,9,11,17H,8,10H2,1-3H3,(H,20,21). The Bertz CT molecular complexity index is 615. The number of carboxylic acid groups (broad SMARTS) is 1. The number of hydrogen-bond donors (Lipinski definition) is 2. The van der Waals surface area contributed by atoms with E-state index >= 15 is 0 Å². The molecule has 1 aromatic carbocycles. The third-order valence-electron chi connectivity index (χ3n) is 3.56. The number of carbonyl (C=O) groups is 1. The maximum atomic E-state index is 11.1. The number of hydrogen-bond acceptors (Lipinski definition) is 3. The van der Waals surface area contributed by atoms with Crippen LogP contribution < -0.4 is 5.32 Å². The van der Waals surface area contributed by atoms with Crippen molar-refractivity contribution in [3.8, 4) is 0 Å². The predicted octanol–water partition coefficient (Wildman–Crippen LogP) is 2.53. The molecule has 0 saturated carbocycles. The van der Waals surface area contributed by atoms with Gasteiger partial charge in [-0.15, -0.1) is 0 Å². The summed E-state index contributed by atoms with van der Waals surface area (Å²) >= 11 is 0. The van der Waals surface area contributed by atoms with Gasteiger partial charge in [-0.05, 0) is 17.0 Å². The molecule has 0 aliphatic carbocycles. The van der Waals surface area contributed by atoms with Crippen LogP contribution in [0.25, 0.3) is 0 Å². The van der Waals surface area contributed by atoms with E-state index in [4.69, 9.17) is 5.11 Å². The molecule has 0 amide bonds. The van der Waals surface area contributed by atoms with Gasteiger partial charge in [0.05, 0.1) is 11.9 Å². The predicted molar refractivity (Wildman–Crippen MR) is 81.2 cm³/mol. The van der Waals surface area contributed by atoms with Crippen molar-refractivity contribution in [2.24, 2.45) is 7.05 Å². The van der Waals surface area contributed by atoms with Crippen molar-refractivity contribution in [2.45, 2.75) is 32.9 Å². The minimum Gasteiger partial charge on any atom is -0.478 e. The van der Waals surface area contributed by atoms with Crippen molar-refractivity contribution in [1.29, 1.82) is 0 Å². The lowest BCUT2D eigenvalue weighted by molar-refractivity contribution is 0.0695. The molecule has 2 rings (SSSR count). The molecule has 2 N–H and O–H groups in total. The fraction of sp³-hybridized carbons (Fsp3) is 0.375. The smallest absolute Gasteiger partial charge is 0.339 e. The van der Waals surface area contributed by atoms with Crippen molar-refractivity contribution in [1.82, 2.24) is 15.1 Å². The minimum absolute atomic E-state index is 0.250. The van der Waals surface area contributed by atoms with E-state index in [-0.39, 0.29) is 5.56 Å². The fourth-order valence-corrected chi connectivity index (χ4v) is 2.20. The van der Waals surface area contributed by atoms with Crippen LogP contribution in [-0.2, 0) is 20.1 Å². The van der Waals surface area contributed by atoms with E-state index in [1.807, 2.05) is 0 Å². The molecule has 0 radical (unpaired) electrons. The first-order chi connectivity index (χ1) is 9.99. The zero-order valence-corrected chi connectivity index (χ0v) is 12.6. The lowest BCUT2D eigenvalue weighted by Gasteiger charge is -2.09. The van der Waals surface area contributed by atoms with Gasteiger partial charge in [0.2, 0.25) is 0 Å². The number of nitrogens with one attached hydrogen (secondary N) is 1. The van der Waals surface area contributed by atoms with Crippen LogP contribution in [0.1, 0.15) is 46.9 Å². The molecule has 0 aliphatic rings. The molecule has 0 spiro atoms. The first kappa shape index (κ1) is 15.3. The monoisotopic (exact) mass is 287 g/mol. The topological polar surface area (TPSA) is 67.2 Å². The number of benzene rings is 1. The zero-order valence-electron chi connectivity index (χ0n) is 12.6. The Balaban J connectivity index is 1.95. The second-order valence-corrected chi connectivity index (χ2v) is 5.43. The summed E-state index contributed by atoms with van der Waals surface area (Å²) in [4.78, 5) is 11.1. The number of aromatic nitrogens is 2. The van der Waals surface area contributed by atoms with Crippen molar-refractivity contribution in [2.75, 3.05) is 0 Å². The summed E-state index contributed by atoms with van der Waals surface area (Å²) in [7, 11) is 1.75. The Morgan fingerprint density at radius 1 is 1.29 bits per heavy atom. The third-order valence-corrected chi connectivity index (χ3v) is 3.56. The largest absolute Gasteiger partial charge is 0.478 e. The van der Waals surface area contributed by atoms with Gasteiger partial charge in [0.25, 0.3) is 0 Å². The van der Waals surface area contributed by atoms with Crippen LogP contribution >= 0.6 is 0 Å². The van der Waals surface area contributed by atoms with Gasteiger partial charge >= 0.3 is 5.97 Å².